The Labute approximate surface area is 279 Å². The second-order valence-corrected chi connectivity index (χ2v) is 11.7. The minimum Gasteiger partial charge on any atom is -0.325 e. The van der Waals surface area contributed by atoms with E-state index in [-0.39, 0.29) is 51.3 Å². The summed E-state index contributed by atoms with van der Waals surface area (Å²) in [6.07, 6.45) is 1.26. The molecule has 1 aliphatic rings. The fraction of sp³-hybridized carbons (Fsp3) is 0.0263. The molecule has 0 bridgehead atoms. The van der Waals surface area contributed by atoms with Crippen LogP contribution < -0.4 is 16.0 Å². The zero-order chi connectivity index (χ0) is 33.6. The van der Waals surface area contributed by atoms with Crippen LogP contribution in [0.2, 0.25) is 0 Å². The molecule has 0 heterocycles. The van der Waals surface area contributed by atoms with Gasteiger partial charge < -0.3 is 16.0 Å². The number of amides is 3. The SMILES string of the molecule is O=C(CSc1ccc(NC(=O)/C(=C/c2ccccc2F)NC(=O)c2ccccc2)cc1)Nc1cccc2c1C(=O)c1ccccc1C2=O. The minimum absolute atomic E-state index is 0.00907. The van der Waals surface area contributed by atoms with Crippen LogP contribution >= 0.6 is 11.8 Å². The highest BCUT2D eigenvalue weighted by atomic mass is 32.2. The second kappa shape index (κ2) is 14.1. The molecule has 1 aliphatic carbocycles. The van der Waals surface area contributed by atoms with Gasteiger partial charge in [-0.1, -0.05) is 72.8 Å². The van der Waals surface area contributed by atoms with E-state index < -0.39 is 17.6 Å². The average Bonchev–Trinajstić information content (AvgIpc) is 3.11. The zero-order valence-electron chi connectivity index (χ0n) is 25.2. The Kier molecular flexibility index (Phi) is 9.35. The number of hydrogen-bond acceptors (Lipinski definition) is 6. The van der Waals surface area contributed by atoms with Crippen molar-refractivity contribution in [3.63, 3.8) is 0 Å². The summed E-state index contributed by atoms with van der Waals surface area (Å²) in [7, 11) is 0. The molecule has 0 saturated heterocycles. The van der Waals surface area contributed by atoms with Gasteiger partial charge in [-0.25, -0.2) is 4.39 Å². The third kappa shape index (κ3) is 6.98. The quantitative estimate of drug-likeness (QED) is 0.117. The molecule has 0 aromatic heterocycles. The van der Waals surface area contributed by atoms with Crippen LogP contribution in [0.1, 0.15) is 47.8 Å². The zero-order valence-corrected chi connectivity index (χ0v) is 26.0. The molecule has 8 nitrogen and oxygen atoms in total. The maximum atomic E-state index is 14.4. The minimum atomic E-state index is -0.663. The second-order valence-electron chi connectivity index (χ2n) is 10.6. The van der Waals surface area contributed by atoms with Crippen LogP contribution in [-0.4, -0.2) is 35.0 Å². The van der Waals surface area contributed by atoms with Gasteiger partial charge in [0, 0.05) is 38.4 Å². The smallest absolute Gasteiger partial charge is 0.272 e. The molecular formula is C38H26FN3O5S. The van der Waals surface area contributed by atoms with Crippen LogP contribution in [0, 0.1) is 5.82 Å². The number of halogens is 1. The van der Waals surface area contributed by atoms with Crippen molar-refractivity contribution >= 4 is 58.5 Å². The molecule has 0 radical (unpaired) electrons. The molecule has 0 aliphatic heterocycles. The van der Waals surface area contributed by atoms with Crippen LogP contribution in [0.15, 0.2) is 132 Å². The van der Waals surface area contributed by atoms with Crippen molar-refractivity contribution < 1.29 is 28.4 Å². The van der Waals surface area contributed by atoms with E-state index in [1.165, 1.54) is 36.0 Å². The Bertz CT molecular complexity index is 2110. The van der Waals surface area contributed by atoms with Gasteiger partial charge >= 0.3 is 0 Å². The predicted octanol–water partition coefficient (Wildman–Crippen LogP) is 6.74. The third-order valence-electron chi connectivity index (χ3n) is 7.44. The number of nitrogens with one attached hydrogen (secondary N) is 3. The maximum absolute atomic E-state index is 14.4. The van der Waals surface area contributed by atoms with E-state index in [9.17, 15) is 28.4 Å². The number of thioether (sulfide) groups is 1. The van der Waals surface area contributed by atoms with Crippen molar-refractivity contribution in [3.05, 3.63) is 166 Å². The van der Waals surface area contributed by atoms with Crippen LogP contribution in [-0.2, 0) is 9.59 Å². The lowest BCUT2D eigenvalue weighted by atomic mass is 9.83. The van der Waals surface area contributed by atoms with Gasteiger partial charge in [-0.2, -0.15) is 0 Å². The highest BCUT2D eigenvalue weighted by Crippen LogP contribution is 2.32. The summed E-state index contributed by atoms with van der Waals surface area (Å²) in [4.78, 5) is 66.0. The van der Waals surface area contributed by atoms with Crippen LogP contribution in [0.5, 0.6) is 0 Å². The lowest BCUT2D eigenvalue weighted by Gasteiger charge is -2.20. The summed E-state index contributed by atoms with van der Waals surface area (Å²) in [5, 5.41) is 8.06. The number of carbonyl (C=O) groups excluding carboxylic acids is 5. The summed E-state index contributed by atoms with van der Waals surface area (Å²) in [5.41, 5.74) is 2.01. The van der Waals surface area contributed by atoms with Crippen molar-refractivity contribution in [2.24, 2.45) is 0 Å². The molecule has 10 heteroatoms. The molecule has 0 spiro atoms. The maximum Gasteiger partial charge on any atom is 0.272 e. The average molecular weight is 656 g/mol. The van der Waals surface area contributed by atoms with Gasteiger partial charge in [0.05, 0.1) is 17.0 Å². The molecule has 0 fully saturated rings. The Balaban J connectivity index is 1.10. The van der Waals surface area contributed by atoms with Gasteiger partial charge in [0.25, 0.3) is 11.8 Å². The van der Waals surface area contributed by atoms with Gasteiger partial charge in [-0.15, -0.1) is 11.8 Å². The van der Waals surface area contributed by atoms with Crippen molar-refractivity contribution in [3.8, 4) is 0 Å². The Hall–Kier alpha value is -6.13. The lowest BCUT2D eigenvalue weighted by molar-refractivity contribution is -0.114. The van der Waals surface area contributed by atoms with Gasteiger partial charge in [0.1, 0.15) is 11.5 Å². The molecule has 5 aromatic rings. The van der Waals surface area contributed by atoms with Crippen LogP contribution in [0.3, 0.4) is 0 Å². The van der Waals surface area contributed by atoms with E-state index in [1.807, 2.05) is 0 Å². The van der Waals surface area contributed by atoms with Crippen molar-refractivity contribution in [1.82, 2.24) is 5.32 Å². The molecule has 0 saturated carbocycles. The van der Waals surface area contributed by atoms with Crippen molar-refractivity contribution in [1.29, 1.82) is 0 Å². The van der Waals surface area contributed by atoms with E-state index in [2.05, 4.69) is 16.0 Å². The van der Waals surface area contributed by atoms with Gasteiger partial charge in [0.2, 0.25) is 5.91 Å². The summed E-state index contributed by atoms with van der Waals surface area (Å²) in [6.45, 7) is 0. The van der Waals surface area contributed by atoms with E-state index >= 15 is 0 Å². The number of fused-ring (bicyclic) bond motifs is 2. The monoisotopic (exact) mass is 655 g/mol. The first-order valence-electron chi connectivity index (χ1n) is 14.8. The molecule has 6 rings (SSSR count). The highest BCUT2D eigenvalue weighted by molar-refractivity contribution is 8.00. The Morgan fingerprint density at radius 2 is 1.31 bits per heavy atom. The van der Waals surface area contributed by atoms with E-state index in [0.29, 0.717) is 22.4 Å². The van der Waals surface area contributed by atoms with E-state index in [1.54, 1.807) is 103 Å². The highest BCUT2D eigenvalue weighted by Gasteiger charge is 2.31. The van der Waals surface area contributed by atoms with E-state index in [0.717, 1.165) is 4.90 Å². The summed E-state index contributed by atoms with van der Waals surface area (Å²) < 4.78 is 14.4. The summed E-state index contributed by atoms with van der Waals surface area (Å²) >= 11 is 1.23. The van der Waals surface area contributed by atoms with E-state index in [4.69, 9.17) is 0 Å². The molecule has 3 N–H and O–H groups in total. The molecular weight excluding hydrogens is 629 g/mol. The van der Waals surface area contributed by atoms with Crippen molar-refractivity contribution in [2.75, 3.05) is 16.4 Å². The van der Waals surface area contributed by atoms with Crippen LogP contribution in [0.25, 0.3) is 6.08 Å². The summed E-state index contributed by atoms with van der Waals surface area (Å²) in [5.74, 6) is -2.71. The number of benzene rings is 5. The number of hydrogen-bond donors (Lipinski definition) is 3. The summed E-state index contributed by atoms with van der Waals surface area (Å²) in [6, 6.07) is 32.3. The molecule has 236 valence electrons. The lowest BCUT2D eigenvalue weighted by Crippen LogP contribution is -2.30. The van der Waals surface area contributed by atoms with Gasteiger partial charge in [-0.3, -0.25) is 24.0 Å². The Morgan fingerprint density at radius 1 is 0.667 bits per heavy atom. The number of rotatable bonds is 9. The Morgan fingerprint density at radius 3 is 2.04 bits per heavy atom. The third-order valence-corrected chi connectivity index (χ3v) is 8.45. The largest absolute Gasteiger partial charge is 0.325 e. The number of carbonyl (C=O) groups is 5. The molecule has 48 heavy (non-hydrogen) atoms. The molecule has 3 amide bonds. The van der Waals surface area contributed by atoms with Gasteiger partial charge in [0.15, 0.2) is 11.6 Å². The molecule has 0 unspecified atom stereocenters. The first-order valence-corrected chi connectivity index (χ1v) is 15.7. The first kappa shape index (κ1) is 31.8. The standard InChI is InChI=1S/C38H26FN3O5S/c39-30-15-7-4-11-24(30)21-32(42-37(46)23-9-2-1-3-10-23)38(47)40-25-17-19-26(20-18-25)48-22-33(43)41-31-16-8-14-29-34(31)36(45)28-13-6-5-12-27(28)35(29)44/h1-21H,22H2,(H,40,47)(H,41,43)(H,42,46)/b32-21-. The van der Waals surface area contributed by atoms with Crippen LogP contribution in [0.4, 0.5) is 15.8 Å². The fourth-order valence-corrected chi connectivity index (χ4v) is 5.81. The number of anilines is 2. The first-order chi connectivity index (χ1) is 23.3. The van der Waals surface area contributed by atoms with Gasteiger partial charge in [-0.05, 0) is 54.6 Å². The topological polar surface area (TPSA) is 121 Å². The van der Waals surface area contributed by atoms with Crippen molar-refractivity contribution in [2.45, 2.75) is 4.90 Å². The number of ketones is 2. The molecule has 0 atom stereocenters. The normalized spacial score (nSPS) is 12.1. The molecule has 5 aromatic carbocycles. The fourth-order valence-electron chi connectivity index (χ4n) is 5.11. The predicted molar refractivity (Wildman–Crippen MR) is 182 cm³/mol.